The second-order valence-corrected chi connectivity index (χ2v) is 7.13. The van der Waals surface area contributed by atoms with Crippen LogP contribution < -0.4 is 14.2 Å². The highest BCUT2D eigenvalue weighted by atomic mass is 35.5. The molecule has 0 saturated carbocycles. The minimum atomic E-state index is -4.51. The fourth-order valence-corrected chi connectivity index (χ4v) is 2.53. The van der Waals surface area contributed by atoms with E-state index in [1.54, 1.807) is 18.2 Å². The number of benzene rings is 1. The lowest BCUT2D eigenvalue weighted by atomic mass is 10.2. The number of alkyl halides is 3. The monoisotopic (exact) mass is 469 g/mol. The molecular formula is C19H17Cl3F3NO3. The second-order valence-electron chi connectivity index (χ2n) is 5.69. The Bertz CT molecular complexity index is 828. The summed E-state index contributed by atoms with van der Waals surface area (Å²) >= 11 is 17.1. The quantitative estimate of drug-likeness (QED) is 0.363. The fourth-order valence-electron chi connectivity index (χ4n) is 2.19. The Labute approximate surface area is 181 Å². The highest BCUT2D eigenvalue weighted by molar-refractivity contribution is 6.55. The van der Waals surface area contributed by atoms with Gasteiger partial charge in [-0.1, -0.05) is 34.8 Å². The van der Waals surface area contributed by atoms with Crippen LogP contribution in [0.25, 0.3) is 0 Å². The average Bonchev–Trinajstić information content (AvgIpc) is 2.63. The van der Waals surface area contributed by atoms with Crippen molar-refractivity contribution < 1.29 is 27.4 Å². The summed E-state index contributed by atoms with van der Waals surface area (Å²) in [6.45, 7) is 0.580. The predicted octanol–water partition coefficient (Wildman–Crippen LogP) is 6.69. The molecule has 29 heavy (non-hydrogen) atoms. The van der Waals surface area contributed by atoms with E-state index in [-0.39, 0.29) is 17.7 Å². The van der Waals surface area contributed by atoms with Gasteiger partial charge < -0.3 is 14.2 Å². The smallest absolute Gasteiger partial charge is 0.421 e. The topological polar surface area (TPSA) is 40.6 Å². The zero-order chi connectivity index (χ0) is 21.3. The summed E-state index contributed by atoms with van der Waals surface area (Å²) in [5.41, 5.74) is -0.895. The molecule has 2 aromatic rings. The average molecular weight is 471 g/mol. The number of hydrogen-bond donors (Lipinski definition) is 0. The van der Waals surface area contributed by atoms with Crippen molar-refractivity contribution in [2.24, 2.45) is 0 Å². The molecule has 0 amide bonds. The van der Waals surface area contributed by atoms with Crippen molar-refractivity contribution in [2.45, 2.75) is 19.0 Å². The highest BCUT2D eigenvalue weighted by Gasteiger charge is 2.34. The maximum Gasteiger partial charge on any atom is 0.421 e. The third-order valence-electron chi connectivity index (χ3n) is 3.46. The number of hydrogen-bond acceptors (Lipinski definition) is 4. The maximum absolute atomic E-state index is 12.9. The molecule has 1 aromatic carbocycles. The molecule has 0 aliphatic carbocycles. The van der Waals surface area contributed by atoms with Crippen molar-refractivity contribution in [3.63, 3.8) is 0 Å². The summed E-state index contributed by atoms with van der Waals surface area (Å²) in [7, 11) is 0. The van der Waals surface area contributed by atoms with Crippen molar-refractivity contribution >= 4 is 34.8 Å². The van der Waals surface area contributed by atoms with E-state index in [9.17, 15) is 13.2 Å². The van der Waals surface area contributed by atoms with E-state index in [4.69, 9.17) is 49.0 Å². The number of aromatic nitrogens is 1. The molecule has 10 heteroatoms. The Balaban J connectivity index is 1.76. The molecule has 4 nitrogen and oxygen atoms in total. The molecule has 1 aromatic heterocycles. The molecule has 0 fully saturated rings. The van der Waals surface area contributed by atoms with E-state index < -0.39 is 17.6 Å². The summed E-state index contributed by atoms with van der Waals surface area (Å²) in [6.07, 6.45) is -0.734. The van der Waals surface area contributed by atoms with Gasteiger partial charge in [-0.15, -0.1) is 0 Å². The SMILES string of the molecule is FC(F)(F)c1cccnc1OCCCCOc1cc(Cl)cc(OCC=C(Cl)Cl)c1. The van der Waals surface area contributed by atoms with E-state index in [1.165, 1.54) is 18.3 Å². The Morgan fingerprint density at radius 1 is 1.00 bits per heavy atom. The Kier molecular flexibility index (Phi) is 9.20. The van der Waals surface area contributed by atoms with Crippen LogP contribution in [0.4, 0.5) is 13.2 Å². The van der Waals surface area contributed by atoms with E-state index in [2.05, 4.69) is 4.98 Å². The first kappa shape index (κ1) is 23.4. The first-order valence-corrected chi connectivity index (χ1v) is 9.61. The number of halogens is 6. The van der Waals surface area contributed by atoms with Crippen LogP contribution in [0.5, 0.6) is 17.4 Å². The number of nitrogens with zero attached hydrogens (tertiary/aromatic N) is 1. The van der Waals surface area contributed by atoms with E-state index in [0.717, 1.165) is 6.07 Å². The van der Waals surface area contributed by atoms with Gasteiger partial charge in [-0.2, -0.15) is 13.2 Å². The molecule has 0 aliphatic rings. The number of ether oxygens (including phenoxy) is 3. The third-order valence-corrected chi connectivity index (χ3v) is 3.98. The van der Waals surface area contributed by atoms with Crippen molar-refractivity contribution in [1.29, 1.82) is 0 Å². The first-order chi connectivity index (χ1) is 13.8. The van der Waals surface area contributed by atoms with Crippen LogP contribution in [0, 0.1) is 0 Å². The molecule has 0 spiro atoms. The highest BCUT2D eigenvalue weighted by Crippen LogP contribution is 2.34. The van der Waals surface area contributed by atoms with E-state index >= 15 is 0 Å². The second kappa shape index (κ2) is 11.4. The molecule has 0 N–H and O–H groups in total. The van der Waals surface area contributed by atoms with Gasteiger partial charge in [0, 0.05) is 17.3 Å². The summed E-state index contributed by atoms with van der Waals surface area (Å²) in [5, 5.41) is 0.427. The summed E-state index contributed by atoms with van der Waals surface area (Å²) in [5.74, 6) is 0.554. The lowest BCUT2D eigenvalue weighted by Crippen LogP contribution is -2.11. The van der Waals surface area contributed by atoms with Crippen molar-refractivity contribution in [3.05, 3.63) is 57.7 Å². The number of pyridine rings is 1. The van der Waals surface area contributed by atoms with Crippen molar-refractivity contribution in [1.82, 2.24) is 4.98 Å². The van der Waals surface area contributed by atoms with Crippen molar-refractivity contribution in [3.8, 4) is 17.4 Å². The van der Waals surface area contributed by atoms with Gasteiger partial charge in [0.2, 0.25) is 5.88 Å². The Hall–Kier alpha value is -1.83. The van der Waals surface area contributed by atoms with Gasteiger partial charge in [-0.3, -0.25) is 0 Å². The van der Waals surface area contributed by atoms with Gasteiger partial charge in [0.15, 0.2) is 0 Å². The van der Waals surface area contributed by atoms with Crippen molar-refractivity contribution in [2.75, 3.05) is 19.8 Å². The minimum absolute atomic E-state index is 0.0822. The lowest BCUT2D eigenvalue weighted by molar-refractivity contribution is -0.139. The van der Waals surface area contributed by atoms with Gasteiger partial charge in [-0.05, 0) is 43.2 Å². The molecule has 0 radical (unpaired) electrons. The van der Waals surface area contributed by atoms with E-state index in [0.29, 0.717) is 36.0 Å². The zero-order valence-electron chi connectivity index (χ0n) is 15.0. The molecule has 158 valence electrons. The molecule has 0 atom stereocenters. The van der Waals surface area contributed by atoms with Crippen LogP contribution in [0.1, 0.15) is 18.4 Å². The Morgan fingerprint density at radius 3 is 2.31 bits per heavy atom. The standard InChI is InChI=1S/C19H17Cl3F3NO3/c20-13-10-14(12-15(11-13)28-9-5-17(21)22)27-7-1-2-8-29-18-16(19(23,24)25)4-3-6-26-18/h3-6,10-12H,1-2,7-9H2. The van der Waals surface area contributed by atoms with Crippen LogP contribution in [0.2, 0.25) is 5.02 Å². The first-order valence-electron chi connectivity index (χ1n) is 8.48. The predicted molar refractivity (Wildman–Crippen MR) is 106 cm³/mol. The third kappa shape index (κ3) is 8.60. The van der Waals surface area contributed by atoms with Crippen LogP contribution in [-0.4, -0.2) is 24.8 Å². The van der Waals surface area contributed by atoms with Crippen LogP contribution in [-0.2, 0) is 6.18 Å². The molecule has 0 saturated heterocycles. The Morgan fingerprint density at radius 2 is 1.66 bits per heavy atom. The summed E-state index contributed by atoms with van der Waals surface area (Å²) < 4.78 is 54.9. The summed E-state index contributed by atoms with van der Waals surface area (Å²) in [6, 6.07) is 7.04. The van der Waals surface area contributed by atoms with Gasteiger partial charge in [0.1, 0.15) is 28.2 Å². The zero-order valence-corrected chi connectivity index (χ0v) is 17.3. The molecule has 1 heterocycles. The normalized spacial score (nSPS) is 11.1. The minimum Gasteiger partial charge on any atom is -0.493 e. The molecular weight excluding hydrogens is 454 g/mol. The van der Waals surface area contributed by atoms with E-state index in [1.807, 2.05) is 0 Å². The molecule has 0 bridgehead atoms. The summed E-state index contributed by atoms with van der Waals surface area (Å²) in [4.78, 5) is 3.64. The molecule has 0 aliphatic heterocycles. The number of rotatable bonds is 10. The fraction of sp³-hybridized carbons (Fsp3) is 0.316. The van der Waals surface area contributed by atoms with Crippen LogP contribution in [0.3, 0.4) is 0 Å². The lowest BCUT2D eigenvalue weighted by Gasteiger charge is -2.12. The number of unbranched alkanes of at least 4 members (excludes halogenated alkanes) is 1. The van der Waals surface area contributed by atoms with Gasteiger partial charge in [-0.25, -0.2) is 4.98 Å². The van der Waals surface area contributed by atoms with Gasteiger partial charge >= 0.3 is 6.18 Å². The van der Waals surface area contributed by atoms with Gasteiger partial charge in [0.05, 0.1) is 13.2 Å². The molecule has 2 rings (SSSR count). The van der Waals surface area contributed by atoms with Crippen LogP contribution >= 0.6 is 34.8 Å². The van der Waals surface area contributed by atoms with Gasteiger partial charge in [0.25, 0.3) is 0 Å². The molecule has 0 unspecified atom stereocenters. The largest absolute Gasteiger partial charge is 0.493 e. The van der Waals surface area contributed by atoms with Crippen LogP contribution in [0.15, 0.2) is 47.1 Å². The maximum atomic E-state index is 12.9.